The summed E-state index contributed by atoms with van der Waals surface area (Å²) in [5.41, 5.74) is 2.37. The van der Waals surface area contributed by atoms with Gasteiger partial charge in [0.2, 0.25) is 0 Å². The lowest BCUT2D eigenvalue weighted by molar-refractivity contribution is 0.168. The number of aromatic nitrogens is 2. The Kier molecular flexibility index (Phi) is 8.91. The Balaban J connectivity index is 1.46. The fraction of sp³-hybridized carbons (Fsp3) is 0.375. The molecular formula is C32H37FN4O4. The minimum atomic E-state index is -0.373. The van der Waals surface area contributed by atoms with Gasteiger partial charge in [-0.2, -0.15) is 5.10 Å². The van der Waals surface area contributed by atoms with Crippen LogP contribution in [0.4, 0.5) is 14.9 Å². The molecule has 9 heteroatoms. The summed E-state index contributed by atoms with van der Waals surface area (Å²) >= 11 is 0. The third-order valence-electron chi connectivity index (χ3n) is 7.47. The highest BCUT2D eigenvalue weighted by atomic mass is 19.1. The summed E-state index contributed by atoms with van der Waals surface area (Å²) in [6.45, 7) is 4.53. The quantitative estimate of drug-likeness (QED) is 0.185. The first kappa shape index (κ1) is 28.3. The number of rotatable bonds is 12. The normalized spacial score (nSPS) is 15.4. The second kappa shape index (κ2) is 12.9. The van der Waals surface area contributed by atoms with Gasteiger partial charge in [-0.25, -0.2) is 9.18 Å². The lowest BCUT2D eigenvalue weighted by atomic mass is 10.0. The Labute approximate surface area is 240 Å². The van der Waals surface area contributed by atoms with Crippen molar-refractivity contribution in [3.8, 4) is 17.2 Å². The monoisotopic (exact) mass is 560 g/mol. The Morgan fingerprint density at radius 3 is 2.56 bits per heavy atom. The van der Waals surface area contributed by atoms with Crippen molar-refractivity contribution in [2.24, 2.45) is 5.92 Å². The second-order valence-corrected chi connectivity index (χ2v) is 10.4. The van der Waals surface area contributed by atoms with E-state index >= 15 is 0 Å². The van der Waals surface area contributed by atoms with Gasteiger partial charge in [-0.1, -0.05) is 38.0 Å². The summed E-state index contributed by atoms with van der Waals surface area (Å²) in [4.78, 5) is 17.5. The van der Waals surface area contributed by atoms with Crippen LogP contribution in [0.1, 0.15) is 31.7 Å². The molecule has 5 rings (SSSR count). The van der Waals surface area contributed by atoms with Gasteiger partial charge in [-0.3, -0.25) is 9.58 Å². The predicted molar refractivity (Wildman–Crippen MR) is 157 cm³/mol. The van der Waals surface area contributed by atoms with Crippen molar-refractivity contribution in [3.63, 3.8) is 0 Å². The number of fused-ring (bicyclic) bond motifs is 1. The number of ether oxygens (including phenoxy) is 3. The van der Waals surface area contributed by atoms with Crippen molar-refractivity contribution >= 4 is 22.6 Å². The Morgan fingerprint density at radius 2 is 1.76 bits per heavy atom. The van der Waals surface area contributed by atoms with Crippen LogP contribution in [0.15, 0.2) is 66.9 Å². The van der Waals surface area contributed by atoms with E-state index in [9.17, 15) is 9.18 Å². The van der Waals surface area contributed by atoms with Gasteiger partial charge in [-0.15, -0.1) is 0 Å². The van der Waals surface area contributed by atoms with E-state index in [2.05, 4.69) is 18.1 Å². The van der Waals surface area contributed by atoms with Crippen molar-refractivity contribution in [2.75, 3.05) is 38.8 Å². The van der Waals surface area contributed by atoms with Crippen LogP contribution in [0, 0.1) is 11.7 Å². The maximum Gasteiger partial charge on any atom is 0.324 e. The highest BCUT2D eigenvalue weighted by Crippen LogP contribution is 2.35. The van der Waals surface area contributed by atoms with Crippen LogP contribution < -0.4 is 19.1 Å². The molecule has 216 valence electrons. The van der Waals surface area contributed by atoms with E-state index in [0.29, 0.717) is 54.7 Å². The van der Waals surface area contributed by atoms with E-state index < -0.39 is 0 Å². The van der Waals surface area contributed by atoms with Crippen LogP contribution in [0.25, 0.3) is 10.9 Å². The van der Waals surface area contributed by atoms with Crippen molar-refractivity contribution in [1.29, 1.82) is 0 Å². The highest BCUT2D eigenvalue weighted by molar-refractivity contribution is 5.93. The number of unbranched alkanes of at least 4 members (excludes halogenated alkanes) is 2. The molecule has 0 bridgehead atoms. The summed E-state index contributed by atoms with van der Waals surface area (Å²) in [7, 11) is 3.16. The molecule has 0 spiro atoms. The fourth-order valence-corrected chi connectivity index (χ4v) is 5.39. The van der Waals surface area contributed by atoms with Crippen molar-refractivity contribution in [2.45, 2.75) is 39.3 Å². The first-order chi connectivity index (χ1) is 20.0. The third kappa shape index (κ3) is 6.39. The van der Waals surface area contributed by atoms with Gasteiger partial charge in [0.05, 0.1) is 39.1 Å². The average molecular weight is 561 g/mol. The van der Waals surface area contributed by atoms with Gasteiger partial charge in [0, 0.05) is 48.3 Å². The number of halogens is 1. The molecule has 2 heterocycles. The second-order valence-electron chi connectivity index (χ2n) is 10.4. The zero-order chi connectivity index (χ0) is 28.8. The van der Waals surface area contributed by atoms with Crippen LogP contribution in [0.2, 0.25) is 0 Å². The number of anilines is 1. The summed E-state index contributed by atoms with van der Waals surface area (Å²) in [6, 6.07) is 17.9. The molecular weight excluding hydrogens is 523 g/mol. The van der Waals surface area contributed by atoms with Crippen LogP contribution in [-0.2, 0) is 13.1 Å². The number of carbonyl (C=O) groups is 1. The van der Waals surface area contributed by atoms with Gasteiger partial charge in [0.1, 0.15) is 11.6 Å². The van der Waals surface area contributed by atoms with Gasteiger partial charge in [-0.05, 0) is 42.8 Å². The van der Waals surface area contributed by atoms with Gasteiger partial charge < -0.3 is 19.1 Å². The molecule has 1 saturated heterocycles. The zero-order valence-electron chi connectivity index (χ0n) is 23.9. The smallest absolute Gasteiger partial charge is 0.324 e. The molecule has 1 aliphatic heterocycles. The zero-order valence-corrected chi connectivity index (χ0v) is 23.9. The molecule has 1 unspecified atom stereocenters. The molecule has 1 fully saturated rings. The molecule has 8 nitrogen and oxygen atoms in total. The molecule has 1 atom stereocenters. The maximum absolute atomic E-state index is 14.2. The Hall–Kier alpha value is -4.27. The highest BCUT2D eigenvalue weighted by Gasteiger charge is 2.34. The molecule has 0 N–H and O–H groups in total. The van der Waals surface area contributed by atoms with E-state index in [1.807, 2.05) is 47.3 Å². The largest absolute Gasteiger partial charge is 0.496 e. The van der Waals surface area contributed by atoms with Gasteiger partial charge >= 0.3 is 6.03 Å². The first-order valence-corrected chi connectivity index (χ1v) is 14.1. The van der Waals surface area contributed by atoms with E-state index in [4.69, 9.17) is 14.2 Å². The Bertz CT molecular complexity index is 1490. The number of nitrogens with zero attached hydrogens (tertiary/aromatic N) is 4. The number of amides is 2. The molecule has 1 aliphatic rings. The topological polar surface area (TPSA) is 69.1 Å². The van der Waals surface area contributed by atoms with Crippen LogP contribution in [-0.4, -0.2) is 54.6 Å². The molecule has 0 radical (unpaired) electrons. The number of methoxy groups -OCH3 is 2. The van der Waals surface area contributed by atoms with E-state index in [1.165, 1.54) is 12.1 Å². The van der Waals surface area contributed by atoms with Crippen LogP contribution in [0.5, 0.6) is 17.2 Å². The number of hydrogen-bond acceptors (Lipinski definition) is 5. The minimum Gasteiger partial charge on any atom is -0.496 e. The number of hydrogen-bond donors (Lipinski definition) is 0. The lowest BCUT2D eigenvalue weighted by Crippen LogP contribution is -2.54. The summed E-state index contributed by atoms with van der Waals surface area (Å²) in [5, 5.41) is 5.70. The lowest BCUT2D eigenvalue weighted by Gasteiger charge is -2.40. The summed E-state index contributed by atoms with van der Waals surface area (Å²) in [5.74, 6) is 1.44. The van der Waals surface area contributed by atoms with Crippen LogP contribution >= 0.6 is 0 Å². The van der Waals surface area contributed by atoms with Crippen LogP contribution in [0.3, 0.4) is 0 Å². The molecule has 41 heavy (non-hydrogen) atoms. The standard InChI is InChI=1S/C32H37FN4O4/c1-4-5-8-15-41-31-17-27(12-14-30(31)40-3)36-20-23(21-37-28-10-7-6-9-24(28)18-34-37)19-35(32(36)38)22-25-16-26(33)11-13-29(25)39-2/h6-7,9-14,16-18,23H,4-5,8,15,19-22H2,1-3H3. The average Bonchev–Trinajstić information content (AvgIpc) is 3.39. The number of para-hydroxylation sites is 1. The number of carbonyl (C=O) groups excluding carboxylic acids is 1. The van der Waals surface area contributed by atoms with Gasteiger partial charge in [0.15, 0.2) is 11.5 Å². The van der Waals surface area contributed by atoms with Crippen molar-refractivity contribution < 1.29 is 23.4 Å². The molecule has 0 saturated carbocycles. The fourth-order valence-electron chi connectivity index (χ4n) is 5.39. The van der Waals surface area contributed by atoms with Crippen molar-refractivity contribution in [3.05, 3.63) is 78.2 Å². The first-order valence-electron chi connectivity index (χ1n) is 14.1. The SMILES string of the molecule is CCCCCOc1cc(N2CC(Cn3ncc4ccccc43)CN(Cc3cc(F)ccc3OC)C2=O)ccc1OC. The van der Waals surface area contributed by atoms with Gasteiger partial charge in [0.25, 0.3) is 0 Å². The predicted octanol–water partition coefficient (Wildman–Crippen LogP) is 6.52. The van der Waals surface area contributed by atoms with Crippen molar-refractivity contribution in [1.82, 2.24) is 14.7 Å². The molecule has 0 aliphatic carbocycles. The molecule has 3 aromatic carbocycles. The maximum atomic E-state index is 14.2. The van der Waals surface area contributed by atoms with E-state index in [1.54, 1.807) is 30.1 Å². The van der Waals surface area contributed by atoms with E-state index in [-0.39, 0.29) is 24.3 Å². The summed E-state index contributed by atoms with van der Waals surface area (Å²) in [6.07, 6.45) is 4.98. The molecule has 2 amide bonds. The summed E-state index contributed by atoms with van der Waals surface area (Å²) < 4.78 is 33.3. The number of benzene rings is 3. The number of urea groups is 1. The third-order valence-corrected chi connectivity index (χ3v) is 7.47. The molecule has 1 aromatic heterocycles. The Morgan fingerprint density at radius 1 is 0.951 bits per heavy atom. The van der Waals surface area contributed by atoms with E-state index in [0.717, 1.165) is 30.2 Å². The molecule has 4 aromatic rings. The minimum absolute atomic E-state index is 0.0478.